The Balaban J connectivity index is 2.26. The van der Waals surface area contributed by atoms with Crippen LogP contribution in [0, 0.1) is 15.9 Å². The fourth-order valence-electron chi connectivity index (χ4n) is 2.45. The summed E-state index contributed by atoms with van der Waals surface area (Å²) in [5.41, 5.74) is 0.815. The Labute approximate surface area is 122 Å². The van der Waals surface area contributed by atoms with Gasteiger partial charge in [-0.25, -0.2) is 4.39 Å². The normalized spacial score (nSPS) is 17.9. The Kier molecular flexibility index (Phi) is 4.92. The van der Waals surface area contributed by atoms with Crippen LogP contribution in [0.5, 0.6) is 5.75 Å². The Morgan fingerprint density at radius 3 is 3.00 bits per heavy atom. The molecular weight excluding hydrogens is 278 g/mol. The molecule has 1 aromatic carbocycles. The molecule has 2 rings (SSSR count). The van der Waals surface area contributed by atoms with Gasteiger partial charge in [0.15, 0.2) is 5.82 Å². The van der Waals surface area contributed by atoms with E-state index in [9.17, 15) is 19.6 Å². The van der Waals surface area contributed by atoms with Crippen LogP contribution in [0.15, 0.2) is 17.7 Å². The Morgan fingerprint density at radius 1 is 1.57 bits per heavy atom. The molecule has 0 unspecified atom stereocenters. The number of nitro benzene ring substituents is 1. The minimum atomic E-state index is -0.986. The molecule has 8 heteroatoms. The summed E-state index contributed by atoms with van der Waals surface area (Å²) in [6.07, 6.45) is 3.55. The second kappa shape index (κ2) is 6.69. The molecule has 0 atom stereocenters. The summed E-state index contributed by atoms with van der Waals surface area (Å²) >= 11 is 0. The topological polar surface area (TPSA) is 75.8 Å². The van der Waals surface area contributed by atoms with Crippen LogP contribution < -0.4 is 0 Å². The largest absolute Gasteiger partial charge is 0.500 e. The lowest BCUT2D eigenvalue weighted by molar-refractivity contribution is -0.386. The highest BCUT2D eigenvalue weighted by Crippen LogP contribution is 2.31. The van der Waals surface area contributed by atoms with E-state index in [4.69, 9.17) is 4.65 Å². The second-order valence-corrected chi connectivity index (χ2v) is 5.00. The average molecular weight is 294 g/mol. The lowest BCUT2D eigenvalue weighted by atomic mass is 9.97. The minimum absolute atomic E-state index is 0.381. The van der Waals surface area contributed by atoms with Gasteiger partial charge in [0.2, 0.25) is 5.75 Å². The van der Waals surface area contributed by atoms with Gasteiger partial charge in [-0.1, -0.05) is 11.6 Å². The van der Waals surface area contributed by atoms with Crippen LogP contribution >= 0.6 is 0 Å². The van der Waals surface area contributed by atoms with Crippen molar-refractivity contribution in [2.45, 2.75) is 12.8 Å². The fourth-order valence-corrected chi connectivity index (χ4v) is 2.45. The van der Waals surface area contributed by atoms with Crippen molar-refractivity contribution < 1.29 is 19.1 Å². The quantitative estimate of drug-likeness (QED) is 0.521. The maximum Gasteiger partial charge on any atom is 0.363 e. The van der Waals surface area contributed by atoms with Crippen LogP contribution in [-0.2, 0) is 4.65 Å². The summed E-state index contributed by atoms with van der Waals surface area (Å²) in [4.78, 5) is 12.1. The van der Waals surface area contributed by atoms with Crippen LogP contribution in [0.25, 0.3) is 6.08 Å². The van der Waals surface area contributed by atoms with Crippen LogP contribution in [0.1, 0.15) is 18.4 Å². The third-order valence-corrected chi connectivity index (χ3v) is 3.34. The zero-order valence-corrected chi connectivity index (χ0v) is 11.7. The number of halogens is 1. The standard InChI is InChI=1S/C13H16BFN2O4/c1-21-14-16-4-2-3-9(8-16)5-10-6-11(15)13(18)12(7-10)17(19)20/h5-7,14,18H,2-4,8H2,1H3/b9-5+. The molecule has 6 nitrogen and oxygen atoms in total. The monoisotopic (exact) mass is 294 g/mol. The number of hydrogen-bond acceptors (Lipinski definition) is 5. The molecule has 112 valence electrons. The molecule has 0 saturated carbocycles. The average Bonchev–Trinajstić information content (AvgIpc) is 2.43. The van der Waals surface area contributed by atoms with E-state index < -0.39 is 22.2 Å². The van der Waals surface area contributed by atoms with Crippen LogP contribution in [0.4, 0.5) is 10.1 Å². The number of aromatic hydroxyl groups is 1. The molecule has 0 radical (unpaired) electrons. The zero-order chi connectivity index (χ0) is 15.4. The summed E-state index contributed by atoms with van der Waals surface area (Å²) < 4.78 is 18.6. The zero-order valence-electron chi connectivity index (χ0n) is 11.7. The maximum absolute atomic E-state index is 13.5. The molecule has 1 N–H and O–H groups in total. The molecule has 21 heavy (non-hydrogen) atoms. The van der Waals surface area contributed by atoms with E-state index in [0.29, 0.717) is 19.7 Å². The highest BCUT2D eigenvalue weighted by molar-refractivity contribution is 6.23. The number of phenolic OH excluding ortho intramolecular Hbond substituents is 1. The first-order valence-electron chi connectivity index (χ1n) is 6.59. The first kappa shape index (κ1) is 15.5. The number of rotatable bonds is 4. The van der Waals surface area contributed by atoms with E-state index in [1.807, 2.05) is 0 Å². The van der Waals surface area contributed by atoms with Crippen molar-refractivity contribution in [3.05, 3.63) is 39.2 Å². The van der Waals surface area contributed by atoms with Gasteiger partial charge in [-0.3, -0.25) is 10.1 Å². The number of hydrogen-bond donors (Lipinski definition) is 1. The molecule has 0 bridgehead atoms. The molecule has 1 fully saturated rings. The predicted molar refractivity (Wildman–Crippen MR) is 77.7 cm³/mol. The summed E-state index contributed by atoms with van der Waals surface area (Å²) in [6, 6.07) is 2.28. The molecule has 1 aliphatic rings. The molecular formula is C13H16BFN2O4. The van der Waals surface area contributed by atoms with E-state index in [2.05, 4.69) is 4.81 Å². The third-order valence-electron chi connectivity index (χ3n) is 3.34. The number of nitrogens with zero attached hydrogens (tertiary/aromatic N) is 2. The highest BCUT2D eigenvalue weighted by Gasteiger charge is 2.20. The highest BCUT2D eigenvalue weighted by atomic mass is 19.1. The molecule has 0 aromatic heterocycles. The summed E-state index contributed by atoms with van der Waals surface area (Å²) in [7, 11) is 2.14. The molecule has 0 aliphatic carbocycles. The van der Waals surface area contributed by atoms with Gasteiger partial charge in [0.25, 0.3) is 0 Å². The van der Waals surface area contributed by atoms with Gasteiger partial charge in [-0.15, -0.1) is 0 Å². The molecule has 1 aliphatic heterocycles. The Bertz CT molecular complexity index is 578. The summed E-state index contributed by atoms with van der Waals surface area (Å²) in [6.45, 7) is 1.61. The van der Waals surface area contributed by atoms with Gasteiger partial charge in [-0.2, -0.15) is 0 Å². The van der Waals surface area contributed by atoms with Crippen LogP contribution in [0.2, 0.25) is 0 Å². The molecule has 1 aromatic rings. The van der Waals surface area contributed by atoms with Crippen molar-refractivity contribution in [3.63, 3.8) is 0 Å². The second-order valence-electron chi connectivity index (χ2n) is 5.00. The number of piperidine rings is 1. The van der Waals surface area contributed by atoms with Crippen molar-refractivity contribution in [1.82, 2.24) is 4.81 Å². The third kappa shape index (κ3) is 3.80. The van der Waals surface area contributed by atoms with Gasteiger partial charge in [-0.05, 0) is 31.0 Å². The molecule has 0 amide bonds. The van der Waals surface area contributed by atoms with E-state index in [-0.39, 0.29) is 0 Å². The Hall–Kier alpha value is -1.93. The lowest BCUT2D eigenvalue weighted by Gasteiger charge is -2.27. The number of phenols is 1. The maximum atomic E-state index is 13.5. The van der Waals surface area contributed by atoms with Crippen molar-refractivity contribution >= 4 is 19.4 Å². The van der Waals surface area contributed by atoms with E-state index in [0.717, 1.165) is 31.0 Å². The van der Waals surface area contributed by atoms with E-state index in [1.165, 1.54) is 6.07 Å². The number of benzene rings is 1. The minimum Gasteiger partial charge on any atom is -0.500 e. The van der Waals surface area contributed by atoms with Gasteiger partial charge in [0.05, 0.1) is 4.92 Å². The van der Waals surface area contributed by atoms with Gasteiger partial charge in [0, 0.05) is 19.7 Å². The van der Waals surface area contributed by atoms with Gasteiger partial charge in [0.1, 0.15) is 0 Å². The smallest absolute Gasteiger partial charge is 0.363 e. The van der Waals surface area contributed by atoms with Crippen molar-refractivity contribution in [3.8, 4) is 5.75 Å². The lowest BCUT2D eigenvalue weighted by Crippen LogP contribution is -2.35. The summed E-state index contributed by atoms with van der Waals surface area (Å²) in [5, 5.41) is 20.1. The van der Waals surface area contributed by atoms with E-state index in [1.54, 1.807) is 13.2 Å². The van der Waals surface area contributed by atoms with Gasteiger partial charge < -0.3 is 14.6 Å². The van der Waals surface area contributed by atoms with Crippen LogP contribution in [-0.4, -0.2) is 42.7 Å². The van der Waals surface area contributed by atoms with E-state index >= 15 is 0 Å². The number of nitro groups is 1. The van der Waals surface area contributed by atoms with Crippen molar-refractivity contribution in [2.24, 2.45) is 0 Å². The molecule has 0 spiro atoms. The van der Waals surface area contributed by atoms with Crippen molar-refractivity contribution in [2.75, 3.05) is 20.2 Å². The molecule has 1 saturated heterocycles. The summed E-state index contributed by atoms with van der Waals surface area (Å²) in [5.74, 6) is -1.91. The first-order chi connectivity index (χ1) is 10.0. The molecule has 1 heterocycles. The fraction of sp³-hybridized carbons (Fsp3) is 0.385. The SMILES string of the molecule is COBN1CCC/C(=C\c2cc(F)c(O)c([N+](=O)[O-])c2)C1. The first-order valence-corrected chi connectivity index (χ1v) is 6.59. The van der Waals surface area contributed by atoms with Gasteiger partial charge >= 0.3 is 13.3 Å². The predicted octanol–water partition coefficient (Wildman–Crippen LogP) is 1.83. The van der Waals surface area contributed by atoms with Crippen molar-refractivity contribution in [1.29, 1.82) is 0 Å². The van der Waals surface area contributed by atoms with Crippen LogP contribution in [0.3, 0.4) is 0 Å². The Morgan fingerprint density at radius 2 is 2.33 bits per heavy atom.